The Bertz CT molecular complexity index is 1370. The van der Waals surface area contributed by atoms with Gasteiger partial charge in [-0.05, 0) is 43.7 Å². The van der Waals surface area contributed by atoms with E-state index < -0.39 is 36.0 Å². The van der Waals surface area contributed by atoms with Crippen molar-refractivity contribution in [3.8, 4) is 0 Å². The van der Waals surface area contributed by atoms with E-state index in [1.165, 1.54) is 5.56 Å². The van der Waals surface area contributed by atoms with Crippen LogP contribution in [0.1, 0.15) is 55.6 Å². The molecule has 0 bridgehead atoms. The highest BCUT2D eigenvalue weighted by molar-refractivity contribution is 5.97. The van der Waals surface area contributed by atoms with Crippen LogP contribution in [-0.2, 0) is 33.6 Å². The van der Waals surface area contributed by atoms with E-state index in [0.717, 1.165) is 42.2 Å². The minimum absolute atomic E-state index is 0.208. The second kappa shape index (κ2) is 9.93. The molecule has 1 aliphatic rings. The number of aryl methyl sites for hydroxylation is 3. The van der Waals surface area contributed by atoms with Crippen LogP contribution >= 0.6 is 0 Å². The molecule has 9 nitrogen and oxygen atoms in total. The molecule has 1 aliphatic carbocycles. The molecule has 0 saturated heterocycles. The highest BCUT2D eigenvalue weighted by atomic mass is 16.4. The van der Waals surface area contributed by atoms with Gasteiger partial charge in [-0.1, -0.05) is 20.3 Å². The van der Waals surface area contributed by atoms with E-state index in [1.807, 2.05) is 6.07 Å². The number of carbonyl (C=O) groups is 3. The Hall–Kier alpha value is -3.62. The first-order valence-corrected chi connectivity index (χ1v) is 12.0. The van der Waals surface area contributed by atoms with Crippen molar-refractivity contribution in [3.63, 3.8) is 0 Å². The van der Waals surface area contributed by atoms with Gasteiger partial charge in [0, 0.05) is 28.8 Å². The quantitative estimate of drug-likeness (QED) is 0.466. The first-order valence-electron chi connectivity index (χ1n) is 12.0. The average Bonchev–Trinajstić information content (AvgIpc) is 3.19. The van der Waals surface area contributed by atoms with Crippen molar-refractivity contribution < 1.29 is 28.3 Å². The fourth-order valence-corrected chi connectivity index (χ4v) is 4.64. The Morgan fingerprint density at radius 3 is 2.49 bits per heavy atom. The molecule has 35 heavy (non-hydrogen) atoms. The number of hydrogen-bond donors (Lipinski definition) is 2. The number of nitrogens with one attached hydrogen (secondary N) is 2. The summed E-state index contributed by atoms with van der Waals surface area (Å²) in [6.45, 7) is 4.84. The maximum atomic E-state index is 12.7. The van der Waals surface area contributed by atoms with E-state index in [2.05, 4.69) is 10.6 Å². The smallest absolute Gasteiger partial charge is 0.340 e. The van der Waals surface area contributed by atoms with Crippen molar-refractivity contribution in [1.82, 2.24) is 10.6 Å². The van der Waals surface area contributed by atoms with Crippen molar-refractivity contribution in [2.24, 2.45) is 5.92 Å². The van der Waals surface area contributed by atoms with Crippen LogP contribution < -0.4 is 21.4 Å². The number of amides is 2. The monoisotopic (exact) mass is 481 g/mol. The van der Waals surface area contributed by atoms with Crippen LogP contribution in [0.2, 0.25) is 0 Å². The summed E-state index contributed by atoms with van der Waals surface area (Å²) >= 11 is 0. The van der Waals surface area contributed by atoms with Gasteiger partial charge in [-0.2, -0.15) is 0 Å². The molecule has 2 atom stereocenters. The van der Waals surface area contributed by atoms with E-state index in [9.17, 15) is 24.3 Å². The molecule has 0 aliphatic heterocycles. The number of aliphatic carboxylic acids is 1. The van der Waals surface area contributed by atoms with Crippen LogP contribution in [0, 0.1) is 12.8 Å². The van der Waals surface area contributed by atoms with Crippen molar-refractivity contribution in [1.29, 1.82) is 0 Å². The number of hydrogen-bond acceptors (Lipinski definition) is 7. The zero-order chi connectivity index (χ0) is 25.3. The van der Waals surface area contributed by atoms with Gasteiger partial charge >= 0.3 is 5.63 Å². The second-order valence-electron chi connectivity index (χ2n) is 9.25. The summed E-state index contributed by atoms with van der Waals surface area (Å²) in [4.78, 5) is 48.6. The lowest BCUT2D eigenvalue weighted by Gasteiger charge is -2.25. The number of carboxylic acid groups (broad SMARTS) is 1. The van der Waals surface area contributed by atoms with Crippen LogP contribution in [0.3, 0.4) is 0 Å². The van der Waals surface area contributed by atoms with Crippen LogP contribution in [0.25, 0.3) is 21.9 Å². The molecular formula is C26H29N2O7-. The third-order valence-corrected chi connectivity index (χ3v) is 6.93. The minimum atomic E-state index is -1.38. The van der Waals surface area contributed by atoms with E-state index in [1.54, 1.807) is 26.8 Å². The van der Waals surface area contributed by atoms with Crippen molar-refractivity contribution in [3.05, 3.63) is 45.0 Å². The lowest BCUT2D eigenvalue weighted by atomic mass is 9.94. The Kier molecular flexibility index (Phi) is 6.95. The zero-order valence-electron chi connectivity index (χ0n) is 20.1. The van der Waals surface area contributed by atoms with E-state index in [-0.39, 0.29) is 17.9 Å². The Balaban J connectivity index is 1.51. The summed E-state index contributed by atoms with van der Waals surface area (Å²) in [6, 6.07) is 2.54. The maximum Gasteiger partial charge on any atom is 0.340 e. The van der Waals surface area contributed by atoms with E-state index in [0.29, 0.717) is 23.2 Å². The number of benzene rings is 1. The maximum absolute atomic E-state index is 12.7. The molecule has 2 heterocycles. The Morgan fingerprint density at radius 2 is 1.77 bits per heavy atom. The number of carbonyl (C=O) groups excluding carboxylic acids is 3. The normalized spacial score (nSPS) is 14.9. The summed E-state index contributed by atoms with van der Waals surface area (Å²) < 4.78 is 11.5. The standard InChI is InChI=1S/C26H30N2O7/c1-4-13(2)24(25(31)32)28-23(30)12-27-22(29)10-17-14(3)16-9-18-15-7-5-6-8-19(15)34-21(18)11-20(16)35-26(17)33/h9,11,13,24H,4-8,10,12H2,1-3H3,(H,27,29)(H,28,30)(H,31,32)/p-1/t13-,24+/m1/s1. The molecule has 0 radical (unpaired) electrons. The molecule has 0 unspecified atom stereocenters. The van der Waals surface area contributed by atoms with Gasteiger partial charge in [0.2, 0.25) is 11.8 Å². The molecule has 2 aromatic heterocycles. The summed E-state index contributed by atoms with van der Waals surface area (Å²) in [5, 5.41) is 17.8. The van der Waals surface area contributed by atoms with Crippen LogP contribution in [-0.4, -0.2) is 30.4 Å². The third kappa shape index (κ3) is 4.94. The van der Waals surface area contributed by atoms with Crippen LogP contribution in [0.5, 0.6) is 0 Å². The van der Waals surface area contributed by atoms with E-state index >= 15 is 0 Å². The molecule has 2 N–H and O–H groups in total. The molecule has 4 rings (SSSR count). The van der Waals surface area contributed by atoms with Gasteiger partial charge in [0.15, 0.2) is 0 Å². The molecule has 0 saturated carbocycles. The van der Waals surface area contributed by atoms with Gasteiger partial charge in [-0.25, -0.2) is 4.79 Å². The van der Waals surface area contributed by atoms with Gasteiger partial charge in [-0.15, -0.1) is 0 Å². The molecule has 2 amide bonds. The molecule has 0 spiro atoms. The second-order valence-corrected chi connectivity index (χ2v) is 9.25. The lowest BCUT2D eigenvalue weighted by molar-refractivity contribution is -0.309. The molecule has 9 heteroatoms. The van der Waals surface area contributed by atoms with E-state index in [4.69, 9.17) is 8.83 Å². The first kappa shape index (κ1) is 24.5. The van der Waals surface area contributed by atoms with Gasteiger partial charge in [0.1, 0.15) is 16.9 Å². The number of fused-ring (bicyclic) bond motifs is 4. The molecule has 0 fully saturated rings. The average molecular weight is 482 g/mol. The molecular weight excluding hydrogens is 452 g/mol. The summed E-state index contributed by atoms with van der Waals surface area (Å²) in [6.07, 6.45) is 4.29. The summed E-state index contributed by atoms with van der Waals surface area (Å²) in [5.41, 5.74) is 2.50. The first-order chi connectivity index (χ1) is 16.7. The zero-order valence-corrected chi connectivity index (χ0v) is 20.1. The third-order valence-electron chi connectivity index (χ3n) is 6.93. The molecule has 1 aromatic carbocycles. The highest BCUT2D eigenvalue weighted by Crippen LogP contribution is 2.35. The summed E-state index contributed by atoms with van der Waals surface area (Å²) in [7, 11) is 0. The fourth-order valence-electron chi connectivity index (χ4n) is 4.64. The number of rotatable bonds is 8. The van der Waals surface area contributed by atoms with Gasteiger partial charge in [0.25, 0.3) is 0 Å². The minimum Gasteiger partial charge on any atom is -0.548 e. The largest absolute Gasteiger partial charge is 0.548 e. The molecule has 3 aromatic rings. The SMILES string of the molecule is CC[C@@H](C)[C@H](NC(=O)CNC(=O)Cc1c(C)c2cc3c4c(oc3cc2oc1=O)CCCC4)C(=O)[O-]. The molecule has 186 valence electrons. The lowest BCUT2D eigenvalue weighted by Crippen LogP contribution is -2.53. The van der Waals surface area contributed by atoms with Crippen molar-refractivity contribution in [2.75, 3.05) is 6.54 Å². The summed E-state index contributed by atoms with van der Waals surface area (Å²) in [5.74, 6) is -1.92. The Labute approximate surface area is 201 Å². The number of furan rings is 1. The van der Waals surface area contributed by atoms with Crippen molar-refractivity contribution in [2.45, 2.75) is 65.3 Å². The fraction of sp³-hybridized carbons (Fsp3) is 0.462. The highest BCUT2D eigenvalue weighted by Gasteiger charge is 2.22. The van der Waals surface area contributed by atoms with Crippen LogP contribution in [0.15, 0.2) is 25.8 Å². The van der Waals surface area contributed by atoms with Gasteiger partial charge in [0.05, 0.1) is 30.5 Å². The predicted octanol–water partition coefficient (Wildman–Crippen LogP) is 1.67. The van der Waals surface area contributed by atoms with Gasteiger partial charge < -0.3 is 29.4 Å². The predicted molar refractivity (Wildman–Crippen MR) is 127 cm³/mol. The topological polar surface area (TPSA) is 142 Å². The van der Waals surface area contributed by atoms with Crippen molar-refractivity contribution >= 4 is 39.7 Å². The number of carboxylic acids is 1. The van der Waals surface area contributed by atoms with Gasteiger partial charge in [-0.3, -0.25) is 9.59 Å². The van der Waals surface area contributed by atoms with Crippen LogP contribution in [0.4, 0.5) is 0 Å². The Morgan fingerprint density at radius 1 is 1.06 bits per heavy atom.